The second-order valence-corrected chi connectivity index (χ2v) is 5.27. The number of piperazine rings is 2. The highest BCUT2D eigenvalue weighted by molar-refractivity contribution is 4.68. The van der Waals surface area contributed by atoms with Gasteiger partial charge in [0.2, 0.25) is 0 Å². The summed E-state index contributed by atoms with van der Waals surface area (Å²) in [5.74, 6) is 0. The van der Waals surface area contributed by atoms with Gasteiger partial charge < -0.3 is 20.3 Å². The lowest BCUT2D eigenvalue weighted by Gasteiger charge is -2.28. The topological polar surface area (TPSA) is 59.7 Å². The summed E-state index contributed by atoms with van der Waals surface area (Å²) >= 11 is 0. The molecule has 0 aliphatic carbocycles. The fourth-order valence-electron chi connectivity index (χ4n) is 2.55. The molecular formula is C13H27N4O2. The number of nitrogens with one attached hydrogen (secondary N) is 2. The lowest BCUT2D eigenvalue weighted by molar-refractivity contribution is -0.148. The van der Waals surface area contributed by atoms with Crippen LogP contribution in [0.25, 0.3) is 0 Å². The maximum absolute atomic E-state index is 11.7. The molecule has 2 fully saturated rings. The Balaban J connectivity index is 1.47. The first-order chi connectivity index (χ1) is 9.34. The van der Waals surface area contributed by atoms with E-state index in [0.717, 1.165) is 65.4 Å². The number of rotatable bonds is 7. The van der Waals surface area contributed by atoms with Gasteiger partial charge in [-0.25, -0.2) is 5.11 Å². The standard InChI is InChI=1S/C13H27N4O2/c18-13(1-6-16-7-2-14-3-8-16)19-12-11-17-9-4-15-5-10-17/h13-15H,1-12H2. The molecular weight excluding hydrogens is 244 g/mol. The Labute approximate surface area is 116 Å². The zero-order chi connectivity index (χ0) is 13.3. The monoisotopic (exact) mass is 271 g/mol. The van der Waals surface area contributed by atoms with Crippen molar-refractivity contribution in [2.75, 3.05) is 72.1 Å². The maximum Gasteiger partial charge on any atom is 0.192 e. The molecule has 2 N–H and O–H groups in total. The third kappa shape index (κ3) is 6.16. The Morgan fingerprint density at radius 2 is 1.42 bits per heavy atom. The van der Waals surface area contributed by atoms with Crippen LogP contribution in [0.15, 0.2) is 0 Å². The summed E-state index contributed by atoms with van der Waals surface area (Å²) in [6.45, 7) is 10.7. The Morgan fingerprint density at radius 1 is 0.895 bits per heavy atom. The van der Waals surface area contributed by atoms with Crippen molar-refractivity contribution in [1.82, 2.24) is 20.4 Å². The maximum atomic E-state index is 11.7. The summed E-state index contributed by atoms with van der Waals surface area (Å²) < 4.78 is 5.38. The van der Waals surface area contributed by atoms with Gasteiger partial charge in [0.25, 0.3) is 0 Å². The Bertz CT molecular complexity index is 231. The first kappa shape index (κ1) is 15.2. The third-order valence-electron chi connectivity index (χ3n) is 3.81. The van der Waals surface area contributed by atoms with Crippen LogP contribution in [0, 0.1) is 0 Å². The molecule has 19 heavy (non-hydrogen) atoms. The van der Waals surface area contributed by atoms with Crippen LogP contribution in [-0.2, 0) is 9.84 Å². The lowest BCUT2D eigenvalue weighted by atomic mass is 10.3. The summed E-state index contributed by atoms with van der Waals surface area (Å²) in [7, 11) is 0. The predicted molar refractivity (Wildman–Crippen MR) is 73.7 cm³/mol. The molecule has 2 heterocycles. The quantitative estimate of drug-likeness (QED) is 0.579. The van der Waals surface area contributed by atoms with Crippen molar-refractivity contribution in [2.24, 2.45) is 0 Å². The summed E-state index contributed by atoms with van der Waals surface area (Å²) in [4.78, 5) is 4.68. The molecule has 111 valence electrons. The van der Waals surface area contributed by atoms with Gasteiger partial charge in [-0.1, -0.05) is 0 Å². The highest BCUT2D eigenvalue weighted by Crippen LogP contribution is 2.01. The van der Waals surface area contributed by atoms with E-state index in [2.05, 4.69) is 20.4 Å². The second-order valence-electron chi connectivity index (χ2n) is 5.27. The van der Waals surface area contributed by atoms with Crippen molar-refractivity contribution in [3.05, 3.63) is 0 Å². The number of hydrogen-bond acceptors (Lipinski definition) is 5. The van der Waals surface area contributed by atoms with Gasteiger partial charge in [-0.3, -0.25) is 4.90 Å². The number of nitrogens with zero attached hydrogens (tertiary/aromatic N) is 2. The summed E-state index contributed by atoms with van der Waals surface area (Å²) in [6, 6.07) is 0. The minimum absolute atomic E-state index is 0.565. The Kier molecular flexibility index (Phi) is 7.05. The van der Waals surface area contributed by atoms with Gasteiger partial charge >= 0.3 is 0 Å². The molecule has 0 aromatic carbocycles. The van der Waals surface area contributed by atoms with Crippen molar-refractivity contribution < 1.29 is 9.84 Å². The smallest absolute Gasteiger partial charge is 0.192 e. The van der Waals surface area contributed by atoms with Crippen molar-refractivity contribution in [3.8, 4) is 0 Å². The lowest BCUT2D eigenvalue weighted by Crippen LogP contribution is -2.45. The summed E-state index contributed by atoms with van der Waals surface area (Å²) in [5, 5.41) is 18.3. The van der Waals surface area contributed by atoms with E-state index < -0.39 is 6.29 Å². The predicted octanol–water partition coefficient (Wildman–Crippen LogP) is -1.04. The van der Waals surface area contributed by atoms with E-state index >= 15 is 0 Å². The molecule has 6 heteroatoms. The molecule has 0 aromatic heterocycles. The van der Waals surface area contributed by atoms with E-state index in [1.807, 2.05) is 0 Å². The largest absolute Gasteiger partial charge is 0.348 e. The molecule has 2 aliphatic heterocycles. The van der Waals surface area contributed by atoms with E-state index in [1.54, 1.807) is 0 Å². The van der Waals surface area contributed by atoms with Gasteiger partial charge in [0.15, 0.2) is 6.29 Å². The van der Waals surface area contributed by atoms with Crippen LogP contribution in [-0.4, -0.2) is 88.1 Å². The second kappa shape index (κ2) is 8.84. The first-order valence-electron chi connectivity index (χ1n) is 7.48. The van der Waals surface area contributed by atoms with Crippen LogP contribution < -0.4 is 10.6 Å². The van der Waals surface area contributed by atoms with Crippen LogP contribution in [0.4, 0.5) is 0 Å². The van der Waals surface area contributed by atoms with E-state index in [-0.39, 0.29) is 0 Å². The molecule has 6 nitrogen and oxygen atoms in total. The molecule has 2 saturated heterocycles. The minimum atomic E-state index is -0.863. The molecule has 0 bridgehead atoms. The van der Waals surface area contributed by atoms with Crippen LogP contribution in [0.5, 0.6) is 0 Å². The van der Waals surface area contributed by atoms with Gasteiger partial charge in [-0.15, -0.1) is 0 Å². The third-order valence-corrected chi connectivity index (χ3v) is 3.81. The molecule has 1 radical (unpaired) electrons. The van der Waals surface area contributed by atoms with Gasteiger partial charge in [-0.2, -0.15) is 0 Å². The van der Waals surface area contributed by atoms with Gasteiger partial charge in [-0.05, 0) is 0 Å². The molecule has 0 amide bonds. The van der Waals surface area contributed by atoms with Crippen molar-refractivity contribution in [1.29, 1.82) is 0 Å². The fraction of sp³-hybridized carbons (Fsp3) is 1.00. The van der Waals surface area contributed by atoms with Crippen LogP contribution >= 0.6 is 0 Å². The average molecular weight is 271 g/mol. The Hall–Kier alpha value is -0.240. The molecule has 2 aliphatic rings. The number of ether oxygens (including phenoxy) is 1. The highest BCUT2D eigenvalue weighted by atomic mass is 16.6. The number of hydrogen-bond donors (Lipinski definition) is 2. The van der Waals surface area contributed by atoms with Crippen molar-refractivity contribution in [3.63, 3.8) is 0 Å². The minimum Gasteiger partial charge on any atom is -0.348 e. The van der Waals surface area contributed by atoms with Gasteiger partial charge in [0.05, 0.1) is 6.61 Å². The average Bonchev–Trinajstić information content (AvgIpc) is 2.47. The zero-order valence-electron chi connectivity index (χ0n) is 11.8. The van der Waals surface area contributed by atoms with Crippen molar-refractivity contribution in [2.45, 2.75) is 12.7 Å². The molecule has 0 saturated carbocycles. The molecule has 0 aromatic rings. The van der Waals surface area contributed by atoms with E-state index in [9.17, 15) is 5.11 Å². The van der Waals surface area contributed by atoms with E-state index in [1.165, 1.54) is 0 Å². The summed E-state index contributed by atoms with van der Waals surface area (Å²) in [6.07, 6.45) is -0.264. The molecule has 1 unspecified atom stereocenters. The van der Waals surface area contributed by atoms with E-state index in [0.29, 0.717) is 13.0 Å². The van der Waals surface area contributed by atoms with E-state index in [4.69, 9.17) is 4.74 Å². The van der Waals surface area contributed by atoms with Gasteiger partial charge in [0, 0.05) is 71.9 Å². The summed E-state index contributed by atoms with van der Waals surface area (Å²) in [5.41, 5.74) is 0. The highest BCUT2D eigenvalue weighted by Gasteiger charge is 2.14. The first-order valence-corrected chi connectivity index (χ1v) is 7.48. The van der Waals surface area contributed by atoms with Gasteiger partial charge in [0.1, 0.15) is 0 Å². The Morgan fingerprint density at radius 3 is 2.00 bits per heavy atom. The molecule has 2 rings (SSSR count). The van der Waals surface area contributed by atoms with Crippen LogP contribution in [0.1, 0.15) is 6.42 Å². The normalized spacial score (nSPS) is 24.5. The SMILES string of the molecule is [O]C(CCN1CCNCC1)OCCN1CCNCC1. The molecule has 0 spiro atoms. The van der Waals surface area contributed by atoms with Crippen LogP contribution in [0.3, 0.4) is 0 Å². The zero-order valence-corrected chi connectivity index (χ0v) is 11.8. The van der Waals surface area contributed by atoms with Crippen molar-refractivity contribution >= 4 is 0 Å². The van der Waals surface area contributed by atoms with Crippen LogP contribution in [0.2, 0.25) is 0 Å². The fourth-order valence-corrected chi connectivity index (χ4v) is 2.55. The molecule has 1 atom stereocenters.